The summed E-state index contributed by atoms with van der Waals surface area (Å²) >= 11 is 25.7. The molecule has 0 aromatic heterocycles. The average molecular weight is 499 g/mol. The number of carbonyl (C=O) groups is 1. The molecule has 2 aromatic rings. The number of hydrogen-bond donors (Lipinski definition) is 2. The quantitative estimate of drug-likeness (QED) is 0.337. The van der Waals surface area contributed by atoms with Crippen molar-refractivity contribution in [1.82, 2.24) is 0 Å². The van der Waals surface area contributed by atoms with Crippen molar-refractivity contribution in [3.63, 3.8) is 0 Å². The summed E-state index contributed by atoms with van der Waals surface area (Å²) in [5.41, 5.74) is -1.47. The Labute approximate surface area is 193 Å². The van der Waals surface area contributed by atoms with Crippen LogP contribution >= 0.6 is 58.2 Å². The van der Waals surface area contributed by atoms with Gasteiger partial charge in [-0.15, -0.1) is 11.8 Å². The van der Waals surface area contributed by atoms with Crippen LogP contribution in [-0.2, 0) is 9.53 Å². The standard InChI is InChI=1S/C19H19Cl4NO4S/c1-19(26,10-29-17-11(20)4-3-5-12(17)21)18(25)24-15-9-16(28-7-6-27-2)14(23)8-13(15)22/h3-5,8-9,26H,6-7,10H2,1-2H3,(H,24,25)/t19-/m0/s1. The third-order valence-electron chi connectivity index (χ3n) is 3.72. The van der Waals surface area contributed by atoms with E-state index in [1.165, 1.54) is 30.8 Å². The number of carbonyl (C=O) groups excluding carboxylic acids is 1. The lowest BCUT2D eigenvalue weighted by Crippen LogP contribution is -2.42. The molecule has 0 radical (unpaired) electrons. The minimum atomic E-state index is -1.73. The lowest BCUT2D eigenvalue weighted by molar-refractivity contribution is -0.130. The molecule has 158 valence electrons. The van der Waals surface area contributed by atoms with Gasteiger partial charge in [-0.3, -0.25) is 4.79 Å². The molecule has 0 bridgehead atoms. The number of anilines is 1. The zero-order valence-corrected chi connectivity index (χ0v) is 19.4. The van der Waals surface area contributed by atoms with Crippen LogP contribution in [0.2, 0.25) is 20.1 Å². The molecule has 2 aromatic carbocycles. The van der Waals surface area contributed by atoms with Gasteiger partial charge in [-0.1, -0.05) is 52.5 Å². The first kappa shape index (κ1) is 24.4. The second kappa shape index (κ2) is 11.0. The number of ether oxygens (including phenoxy) is 2. The van der Waals surface area contributed by atoms with Crippen LogP contribution in [0, 0.1) is 0 Å². The van der Waals surface area contributed by atoms with Crippen LogP contribution in [0.4, 0.5) is 5.69 Å². The first-order valence-corrected chi connectivity index (χ1v) is 10.9. The van der Waals surface area contributed by atoms with Gasteiger partial charge >= 0.3 is 0 Å². The van der Waals surface area contributed by atoms with E-state index < -0.39 is 11.5 Å². The Kier molecular flexibility index (Phi) is 9.22. The van der Waals surface area contributed by atoms with Crippen LogP contribution in [-0.4, -0.2) is 42.7 Å². The van der Waals surface area contributed by atoms with E-state index in [4.69, 9.17) is 55.9 Å². The van der Waals surface area contributed by atoms with Gasteiger partial charge in [0.2, 0.25) is 0 Å². The monoisotopic (exact) mass is 497 g/mol. The molecule has 0 saturated carbocycles. The van der Waals surface area contributed by atoms with Gasteiger partial charge in [-0.2, -0.15) is 0 Å². The minimum Gasteiger partial charge on any atom is -0.490 e. The van der Waals surface area contributed by atoms with Gasteiger partial charge in [0, 0.05) is 23.8 Å². The van der Waals surface area contributed by atoms with Crippen LogP contribution < -0.4 is 10.1 Å². The third kappa shape index (κ3) is 6.82. The Balaban J connectivity index is 2.10. The number of amides is 1. The van der Waals surface area contributed by atoms with Gasteiger partial charge in [0.15, 0.2) is 0 Å². The number of aliphatic hydroxyl groups is 1. The third-order valence-corrected chi connectivity index (χ3v) is 6.62. The van der Waals surface area contributed by atoms with Gasteiger partial charge in [0.1, 0.15) is 18.0 Å². The molecule has 0 fully saturated rings. The SMILES string of the molecule is COCCOc1cc(NC(=O)[C@@](C)(O)CSc2c(Cl)cccc2Cl)c(Cl)cc1Cl. The fraction of sp³-hybridized carbons (Fsp3) is 0.316. The predicted molar refractivity (Wildman–Crippen MR) is 120 cm³/mol. The highest BCUT2D eigenvalue weighted by molar-refractivity contribution is 7.99. The lowest BCUT2D eigenvalue weighted by Gasteiger charge is -2.23. The molecule has 0 aliphatic carbocycles. The summed E-state index contributed by atoms with van der Waals surface area (Å²) in [5.74, 6) is -0.300. The number of halogens is 4. The largest absolute Gasteiger partial charge is 0.490 e. The number of thioether (sulfide) groups is 1. The highest BCUT2D eigenvalue weighted by Gasteiger charge is 2.31. The Morgan fingerprint density at radius 1 is 1.10 bits per heavy atom. The molecule has 1 atom stereocenters. The molecule has 0 heterocycles. The summed E-state index contributed by atoms with van der Waals surface area (Å²) in [4.78, 5) is 13.2. The van der Waals surface area contributed by atoms with Crippen LogP contribution in [0.1, 0.15) is 6.92 Å². The van der Waals surface area contributed by atoms with E-state index >= 15 is 0 Å². The van der Waals surface area contributed by atoms with E-state index in [9.17, 15) is 9.90 Å². The molecular formula is C19H19Cl4NO4S. The van der Waals surface area contributed by atoms with Crippen molar-refractivity contribution >= 4 is 69.8 Å². The summed E-state index contributed by atoms with van der Waals surface area (Å²) in [6.07, 6.45) is 0. The first-order valence-electron chi connectivity index (χ1n) is 8.37. The fourth-order valence-corrected chi connectivity index (χ4v) is 4.30. The maximum atomic E-state index is 12.6. The molecule has 2 N–H and O–H groups in total. The van der Waals surface area contributed by atoms with Crippen molar-refractivity contribution in [1.29, 1.82) is 0 Å². The van der Waals surface area contributed by atoms with Gasteiger partial charge in [0.05, 0.1) is 32.4 Å². The van der Waals surface area contributed by atoms with Crippen LogP contribution in [0.3, 0.4) is 0 Å². The number of benzene rings is 2. The van der Waals surface area contributed by atoms with Crippen molar-refractivity contribution in [3.05, 3.63) is 50.4 Å². The predicted octanol–water partition coefficient (Wildman–Crippen LogP) is 5.81. The number of nitrogens with one attached hydrogen (secondary N) is 1. The minimum absolute atomic E-state index is 0.0185. The molecule has 0 aliphatic heterocycles. The molecule has 0 unspecified atom stereocenters. The fourth-order valence-electron chi connectivity index (χ4n) is 2.13. The summed E-state index contributed by atoms with van der Waals surface area (Å²) in [5, 5.41) is 14.6. The van der Waals surface area contributed by atoms with E-state index in [1.807, 2.05) is 0 Å². The molecule has 29 heavy (non-hydrogen) atoms. The molecule has 0 aliphatic rings. The molecule has 1 amide bonds. The molecule has 2 rings (SSSR count). The van der Waals surface area contributed by atoms with Crippen LogP contribution in [0.5, 0.6) is 5.75 Å². The van der Waals surface area contributed by atoms with E-state index in [0.717, 1.165) is 0 Å². The van der Waals surface area contributed by atoms with Crippen molar-refractivity contribution in [2.24, 2.45) is 0 Å². The smallest absolute Gasteiger partial charge is 0.256 e. The van der Waals surface area contributed by atoms with Gasteiger partial charge in [0.25, 0.3) is 5.91 Å². The second-order valence-corrected chi connectivity index (χ2v) is 8.79. The topological polar surface area (TPSA) is 67.8 Å². The first-order chi connectivity index (χ1) is 13.7. The second-order valence-electron chi connectivity index (χ2n) is 6.17. The molecule has 0 spiro atoms. The Bertz CT molecular complexity index is 859. The van der Waals surface area contributed by atoms with Crippen molar-refractivity contribution < 1.29 is 19.4 Å². The Morgan fingerprint density at radius 2 is 1.76 bits per heavy atom. The summed E-state index contributed by atoms with van der Waals surface area (Å²) in [6, 6.07) is 8.03. The van der Waals surface area contributed by atoms with Crippen molar-refractivity contribution in [2.45, 2.75) is 17.4 Å². The van der Waals surface area contributed by atoms with Gasteiger partial charge < -0.3 is 19.9 Å². The molecular weight excluding hydrogens is 480 g/mol. The van der Waals surface area contributed by atoms with E-state index in [0.29, 0.717) is 32.3 Å². The zero-order chi connectivity index (χ0) is 21.6. The van der Waals surface area contributed by atoms with Gasteiger partial charge in [-0.05, 0) is 25.1 Å². The normalized spacial score (nSPS) is 13.1. The van der Waals surface area contributed by atoms with Crippen molar-refractivity contribution in [2.75, 3.05) is 31.4 Å². The summed E-state index contributed by atoms with van der Waals surface area (Å²) in [7, 11) is 1.55. The average Bonchev–Trinajstić information content (AvgIpc) is 2.64. The van der Waals surface area contributed by atoms with Crippen molar-refractivity contribution in [3.8, 4) is 5.75 Å². The molecule has 5 nitrogen and oxygen atoms in total. The van der Waals surface area contributed by atoms with E-state index in [-0.39, 0.29) is 23.1 Å². The van der Waals surface area contributed by atoms with E-state index in [1.54, 1.807) is 25.3 Å². The summed E-state index contributed by atoms with van der Waals surface area (Å²) < 4.78 is 10.4. The maximum Gasteiger partial charge on any atom is 0.256 e. The molecule has 10 heteroatoms. The number of hydrogen-bond acceptors (Lipinski definition) is 5. The Hall–Kier alpha value is -0.860. The number of rotatable bonds is 9. The molecule has 0 saturated heterocycles. The number of methoxy groups -OCH3 is 1. The van der Waals surface area contributed by atoms with Crippen LogP contribution in [0.15, 0.2) is 35.2 Å². The van der Waals surface area contributed by atoms with Gasteiger partial charge in [-0.25, -0.2) is 0 Å². The van der Waals surface area contributed by atoms with E-state index in [2.05, 4.69) is 5.32 Å². The van der Waals surface area contributed by atoms with Crippen LogP contribution in [0.25, 0.3) is 0 Å². The lowest BCUT2D eigenvalue weighted by atomic mass is 10.1. The highest BCUT2D eigenvalue weighted by Crippen LogP contribution is 2.37. The summed E-state index contributed by atoms with van der Waals surface area (Å²) in [6.45, 7) is 2.04. The zero-order valence-electron chi connectivity index (χ0n) is 15.6. The highest BCUT2D eigenvalue weighted by atomic mass is 35.5. The Morgan fingerprint density at radius 3 is 2.38 bits per heavy atom. The maximum absolute atomic E-state index is 12.6.